The number of carbonyl (C=O) groups is 1. The fourth-order valence-electron chi connectivity index (χ4n) is 0.854. The molecular weight excluding hydrogens is 176 g/mol. The first-order valence-corrected chi connectivity index (χ1v) is 4.28. The van der Waals surface area contributed by atoms with Gasteiger partial charge in [0.05, 0.1) is 11.8 Å². The Bertz CT molecular complexity index is 350. The van der Waals surface area contributed by atoms with Gasteiger partial charge >= 0.3 is 5.97 Å². The lowest BCUT2D eigenvalue weighted by atomic mass is 10.2. The SMILES string of the molecule is C=C(C)/C=C/OC(=O)c1ccccc1. The average molecular weight is 188 g/mol. The van der Waals surface area contributed by atoms with Gasteiger partial charge in [0.15, 0.2) is 0 Å². The fraction of sp³-hybridized carbons (Fsp3) is 0.0833. The molecule has 72 valence electrons. The van der Waals surface area contributed by atoms with Crippen LogP contribution in [0.5, 0.6) is 0 Å². The molecule has 0 bridgehead atoms. The van der Waals surface area contributed by atoms with E-state index < -0.39 is 0 Å². The molecule has 1 aromatic rings. The molecule has 0 aliphatic rings. The molecule has 1 aromatic carbocycles. The van der Waals surface area contributed by atoms with Gasteiger partial charge in [-0.1, -0.05) is 30.4 Å². The van der Waals surface area contributed by atoms with E-state index in [1.807, 2.05) is 13.0 Å². The molecule has 0 spiro atoms. The van der Waals surface area contributed by atoms with Crippen molar-refractivity contribution in [1.82, 2.24) is 0 Å². The zero-order valence-electron chi connectivity index (χ0n) is 8.07. The number of rotatable bonds is 3. The largest absolute Gasteiger partial charge is 0.431 e. The van der Waals surface area contributed by atoms with Gasteiger partial charge < -0.3 is 4.74 Å². The number of hydrogen-bond acceptors (Lipinski definition) is 2. The van der Waals surface area contributed by atoms with E-state index in [2.05, 4.69) is 6.58 Å². The zero-order chi connectivity index (χ0) is 10.4. The van der Waals surface area contributed by atoms with Gasteiger partial charge in [-0.3, -0.25) is 0 Å². The van der Waals surface area contributed by atoms with Gasteiger partial charge in [0.1, 0.15) is 0 Å². The van der Waals surface area contributed by atoms with Crippen molar-refractivity contribution in [2.24, 2.45) is 0 Å². The Labute approximate surface area is 83.5 Å². The molecular formula is C12H12O2. The number of ether oxygens (including phenoxy) is 1. The summed E-state index contributed by atoms with van der Waals surface area (Å²) in [7, 11) is 0. The van der Waals surface area contributed by atoms with Gasteiger partial charge in [-0.25, -0.2) is 4.79 Å². The third-order valence-electron chi connectivity index (χ3n) is 1.54. The summed E-state index contributed by atoms with van der Waals surface area (Å²) in [6.45, 7) is 5.47. The monoisotopic (exact) mass is 188 g/mol. The molecule has 1 rings (SSSR count). The molecule has 0 unspecified atom stereocenters. The minimum atomic E-state index is -0.358. The first-order valence-electron chi connectivity index (χ1n) is 4.28. The smallest absolute Gasteiger partial charge is 0.342 e. The van der Waals surface area contributed by atoms with Crippen molar-refractivity contribution >= 4 is 5.97 Å². The van der Waals surface area contributed by atoms with Crippen LogP contribution in [0, 0.1) is 0 Å². The average Bonchev–Trinajstić information content (AvgIpc) is 2.18. The van der Waals surface area contributed by atoms with Gasteiger partial charge in [-0.15, -0.1) is 0 Å². The van der Waals surface area contributed by atoms with Crippen LogP contribution in [-0.2, 0) is 4.74 Å². The van der Waals surface area contributed by atoms with Crippen LogP contribution < -0.4 is 0 Å². The summed E-state index contributed by atoms with van der Waals surface area (Å²) in [5.74, 6) is -0.358. The lowest BCUT2D eigenvalue weighted by Crippen LogP contribution is -1.99. The van der Waals surface area contributed by atoms with Gasteiger partial charge in [-0.2, -0.15) is 0 Å². The molecule has 0 heterocycles. The fourth-order valence-corrected chi connectivity index (χ4v) is 0.854. The maximum atomic E-state index is 11.3. The quantitative estimate of drug-likeness (QED) is 0.414. The Hall–Kier alpha value is -1.83. The van der Waals surface area contributed by atoms with Gasteiger partial charge in [0.2, 0.25) is 0 Å². The molecule has 0 aliphatic carbocycles. The first kappa shape index (κ1) is 10.3. The number of esters is 1. The predicted molar refractivity (Wildman–Crippen MR) is 55.8 cm³/mol. The third-order valence-corrected chi connectivity index (χ3v) is 1.54. The summed E-state index contributed by atoms with van der Waals surface area (Å²) in [5, 5.41) is 0. The second-order valence-corrected chi connectivity index (χ2v) is 2.92. The van der Waals surface area contributed by atoms with Crippen LogP contribution in [0.4, 0.5) is 0 Å². The first-order chi connectivity index (χ1) is 6.70. The summed E-state index contributed by atoms with van der Waals surface area (Å²) < 4.78 is 4.86. The van der Waals surface area contributed by atoms with E-state index in [1.54, 1.807) is 30.3 Å². The Morgan fingerprint density at radius 3 is 2.57 bits per heavy atom. The van der Waals surface area contributed by atoms with E-state index in [-0.39, 0.29) is 5.97 Å². The summed E-state index contributed by atoms with van der Waals surface area (Å²) in [5.41, 5.74) is 1.38. The molecule has 0 saturated carbocycles. The number of hydrogen-bond donors (Lipinski definition) is 0. The van der Waals surface area contributed by atoms with E-state index in [0.717, 1.165) is 5.57 Å². The van der Waals surface area contributed by atoms with E-state index in [0.29, 0.717) is 5.56 Å². The van der Waals surface area contributed by atoms with Crippen LogP contribution in [-0.4, -0.2) is 5.97 Å². The van der Waals surface area contributed by atoms with Crippen molar-refractivity contribution in [3.63, 3.8) is 0 Å². The highest BCUT2D eigenvalue weighted by Gasteiger charge is 2.02. The van der Waals surface area contributed by atoms with Crippen molar-refractivity contribution in [3.8, 4) is 0 Å². The van der Waals surface area contributed by atoms with E-state index in [4.69, 9.17) is 4.74 Å². The molecule has 0 radical (unpaired) electrons. The molecule has 14 heavy (non-hydrogen) atoms. The van der Waals surface area contributed by atoms with Crippen LogP contribution >= 0.6 is 0 Å². The van der Waals surface area contributed by atoms with Crippen LogP contribution in [0.3, 0.4) is 0 Å². The van der Waals surface area contributed by atoms with Gasteiger partial charge in [0.25, 0.3) is 0 Å². The molecule has 0 fully saturated rings. The van der Waals surface area contributed by atoms with Crippen molar-refractivity contribution in [2.45, 2.75) is 6.92 Å². The summed E-state index contributed by atoms with van der Waals surface area (Å²) in [4.78, 5) is 11.3. The summed E-state index contributed by atoms with van der Waals surface area (Å²) in [6, 6.07) is 8.84. The molecule has 0 amide bonds. The lowest BCUT2D eigenvalue weighted by Gasteiger charge is -1.97. The number of allylic oxidation sites excluding steroid dienone is 2. The second-order valence-electron chi connectivity index (χ2n) is 2.92. The Kier molecular flexibility index (Phi) is 3.68. The predicted octanol–water partition coefficient (Wildman–Crippen LogP) is 2.93. The molecule has 0 atom stereocenters. The summed E-state index contributed by atoms with van der Waals surface area (Å²) in [6.07, 6.45) is 2.98. The molecule has 2 nitrogen and oxygen atoms in total. The van der Waals surface area contributed by atoms with Crippen LogP contribution in [0.2, 0.25) is 0 Å². The maximum Gasteiger partial charge on any atom is 0.342 e. The van der Waals surface area contributed by atoms with Crippen LogP contribution in [0.1, 0.15) is 17.3 Å². The highest BCUT2D eigenvalue weighted by atomic mass is 16.5. The summed E-state index contributed by atoms with van der Waals surface area (Å²) >= 11 is 0. The minimum Gasteiger partial charge on any atom is -0.431 e. The molecule has 0 saturated heterocycles. The van der Waals surface area contributed by atoms with E-state index >= 15 is 0 Å². The van der Waals surface area contributed by atoms with E-state index in [9.17, 15) is 4.79 Å². The second kappa shape index (κ2) is 5.02. The minimum absolute atomic E-state index is 0.358. The van der Waals surface area contributed by atoms with Crippen LogP contribution in [0.15, 0.2) is 54.8 Å². The van der Waals surface area contributed by atoms with Crippen molar-refractivity contribution in [2.75, 3.05) is 0 Å². The lowest BCUT2D eigenvalue weighted by molar-refractivity contribution is 0.0663. The van der Waals surface area contributed by atoms with Crippen molar-refractivity contribution < 1.29 is 9.53 Å². The molecule has 2 heteroatoms. The molecule has 0 aromatic heterocycles. The Morgan fingerprint density at radius 2 is 2.00 bits per heavy atom. The Balaban J connectivity index is 2.56. The van der Waals surface area contributed by atoms with Gasteiger partial charge in [0, 0.05) is 0 Å². The maximum absolute atomic E-state index is 11.3. The topological polar surface area (TPSA) is 26.3 Å². The number of benzene rings is 1. The third kappa shape index (κ3) is 3.27. The van der Waals surface area contributed by atoms with Crippen LogP contribution in [0.25, 0.3) is 0 Å². The standard InChI is InChI=1S/C12H12O2/c1-10(2)8-9-14-12(13)11-6-4-3-5-7-11/h3-9H,1H2,2H3/b9-8+. The van der Waals surface area contributed by atoms with Crippen molar-refractivity contribution in [3.05, 3.63) is 60.4 Å². The Morgan fingerprint density at radius 1 is 1.36 bits per heavy atom. The van der Waals surface area contributed by atoms with E-state index in [1.165, 1.54) is 6.26 Å². The number of carbonyl (C=O) groups excluding carboxylic acids is 1. The normalized spacial score (nSPS) is 10.1. The zero-order valence-corrected chi connectivity index (χ0v) is 8.07. The molecule has 0 N–H and O–H groups in total. The highest BCUT2D eigenvalue weighted by Crippen LogP contribution is 2.01. The van der Waals surface area contributed by atoms with Gasteiger partial charge in [-0.05, 0) is 25.1 Å². The van der Waals surface area contributed by atoms with Crippen molar-refractivity contribution in [1.29, 1.82) is 0 Å². The highest BCUT2D eigenvalue weighted by molar-refractivity contribution is 5.89. The molecule has 0 aliphatic heterocycles.